The molecule has 0 bridgehead atoms. The van der Waals surface area contributed by atoms with E-state index in [0.717, 1.165) is 11.3 Å². The van der Waals surface area contributed by atoms with Crippen molar-refractivity contribution in [3.63, 3.8) is 0 Å². The Morgan fingerprint density at radius 1 is 1.23 bits per heavy atom. The Kier molecular flexibility index (Phi) is 4.87. The maximum atomic E-state index is 12.2. The molecule has 2 rings (SSSR count). The third kappa shape index (κ3) is 4.57. The highest BCUT2D eigenvalue weighted by atomic mass is 32.2. The molecule has 0 aliphatic carbocycles. The number of carbonyl (C=O) groups is 2. The van der Waals surface area contributed by atoms with Crippen LogP contribution in [0.4, 0.5) is 18.3 Å². The maximum absolute atomic E-state index is 12.2. The Balaban J connectivity index is 2.04. The summed E-state index contributed by atoms with van der Waals surface area (Å²) in [6, 6.07) is 5.03. The average molecular weight is 346 g/mol. The number of thioether (sulfide) groups is 1. The van der Waals surface area contributed by atoms with Crippen LogP contribution in [-0.2, 0) is 0 Å². The number of amides is 1. The Labute approximate surface area is 131 Å². The van der Waals surface area contributed by atoms with Gasteiger partial charge in [-0.3, -0.25) is 14.9 Å². The van der Waals surface area contributed by atoms with Crippen LogP contribution >= 0.6 is 23.1 Å². The summed E-state index contributed by atoms with van der Waals surface area (Å²) >= 11 is 0.782. The highest BCUT2D eigenvalue weighted by molar-refractivity contribution is 8.00. The first-order valence-corrected chi connectivity index (χ1v) is 7.52. The standard InChI is InChI=1S/C13H9F3N2O2S2/c1-7(19)10-6-17-12(21-10)18-11(20)8-2-4-9(5-3-8)22-13(14,15)16/h2-6H,1H3,(H,17,18,20). The molecular weight excluding hydrogens is 337 g/mol. The topological polar surface area (TPSA) is 59.1 Å². The molecule has 1 N–H and O–H groups in total. The Morgan fingerprint density at radius 2 is 1.86 bits per heavy atom. The number of Topliss-reactive ketones (excluding diaryl/α,β-unsaturated/α-hetero) is 1. The molecule has 0 saturated carbocycles. The number of alkyl halides is 3. The number of carbonyl (C=O) groups excluding carboxylic acids is 2. The molecule has 4 nitrogen and oxygen atoms in total. The fourth-order valence-electron chi connectivity index (χ4n) is 1.47. The lowest BCUT2D eigenvalue weighted by molar-refractivity contribution is -0.0328. The summed E-state index contributed by atoms with van der Waals surface area (Å²) in [5, 5.41) is 2.74. The number of rotatable bonds is 4. The smallest absolute Gasteiger partial charge is 0.298 e. The van der Waals surface area contributed by atoms with E-state index < -0.39 is 11.4 Å². The number of benzene rings is 1. The molecule has 116 valence electrons. The molecule has 1 aromatic heterocycles. The predicted molar refractivity (Wildman–Crippen MR) is 78.4 cm³/mol. The Morgan fingerprint density at radius 3 is 2.36 bits per heavy atom. The number of thiazole rings is 1. The minimum atomic E-state index is -4.37. The van der Waals surface area contributed by atoms with Gasteiger partial charge in [-0.25, -0.2) is 4.98 Å². The van der Waals surface area contributed by atoms with E-state index in [4.69, 9.17) is 0 Å². The number of hydrogen-bond donors (Lipinski definition) is 1. The van der Waals surface area contributed by atoms with Gasteiger partial charge in [-0.2, -0.15) is 13.2 Å². The molecule has 22 heavy (non-hydrogen) atoms. The van der Waals surface area contributed by atoms with E-state index in [1.807, 2.05) is 0 Å². The van der Waals surface area contributed by atoms with Gasteiger partial charge in [0.15, 0.2) is 10.9 Å². The Bertz CT molecular complexity index is 696. The first kappa shape index (κ1) is 16.5. The van der Waals surface area contributed by atoms with Gasteiger partial charge in [0, 0.05) is 17.4 Å². The molecule has 0 saturated heterocycles. The van der Waals surface area contributed by atoms with E-state index in [0.29, 0.717) is 4.88 Å². The maximum Gasteiger partial charge on any atom is 0.446 e. The van der Waals surface area contributed by atoms with Crippen LogP contribution in [0.2, 0.25) is 0 Å². The minimum Gasteiger partial charge on any atom is -0.298 e. The fraction of sp³-hybridized carbons (Fsp3) is 0.154. The normalized spacial score (nSPS) is 11.3. The molecule has 0 atom stereocenters. The van der Waals surface area contributed by atoms with Crippen molar-refractivity contribution >= 4 is 39.9 Å². The molecule has 1 heterocycles. The average Bonchev–Trinajstić information content (AvgIpc) is 2.86. The summed E-state index contributed by atoms with van der Waals surface area (Å²) in [5.74, 6) is -0.667. The van der Waals surface area contributed by atoms with E-state index in [1.54, 1.807) is 0 Å². The van der Waals surface area contributed by atoms with Gasteiger partial charge < -0.3 is 0 Å². The van der Waals surface area contributed by atoms with Crippen molar-refractivity contribution < 1.29 is 22.8 Å². The molecule has 1 amide bonds. The van der Waals surface area contributed by atoms with Crippen molar-refractivity contribution in [3.8, 4) is 0 Å². The molecule has 0 aliphatic heterocycles. The largest absolute Gasteiger partial charge is 0.446 e. The summed E-state index contributed by atoms with van der Waals surface area (Å²) in [4.78, 5) is 27.3. The molecule has 0 radical (unpaired) electrons. The van der Waals surface area contributed by atoms with Gasteiger partial charge in [-0.05, 0) is 36.0 Å². The van der Waals surface area contributed by atoms with Crippen LogP contribution in [0.15, 0.2) is 35.4 Å². The number of anilines is 1. The van der Waals surface area contributed by atoms with E-state index in [-0.39, 0.29) is 33.1 Å². The highest BCUT2D eigenvalue weighted by Crippen LogP contribution is 2.36. The number of nitrogens with one attached hydrogen (secondary N) is 1. The monoisotopic (exact) mass is 346 g/mol. The molecule has 2 aromatic rings. The van der Waals surface area contributed by atoms with Gasteiger partial charge in [0.05, 0.1) is 11.1 Å². The summed E-state index contributed by atoms with van der Waals surface area (Å²) in [6.07, 6.45) is 1.35. The molecule has 0 spiro atoms. The van der Waals surface area contributed by atoms with Gasteiger partial charge in [0.1, 0.15) is 0 Å². The van der Waals surface area contributed by atoms with Gasteiger partial charge in [0.2, 0.25) is 0 Å². The zero-order valence-electron chi connectivity index (χ0n) is 11.1. The zero-order valence-corrected chi connectivity index (χ0v) is 12.7. The molecule has 0 aliphatic rings. The molecular formula is C13H9F3N2O2S2. The molecule has 0 fully saturated rings. The number of halogens is 3. The SMILES string of the molecule is CC(=O)c1cnc(NC(=O)c2ccc(SC(F)(F)F)cc2)s1. The van der Waals surface area contributed by atoms with Crippen LogP contribution in [0.25, 0.3) is 0 Å². The molecule has 9 heteroatoms. The van der Waals surface area contributed by atoms with E-state index in [2.05, 4.69) is 10.3 Å². The van der Waals surface area contributed by atoms with Gasteiger partial charge in [-0.1, -0.05) is 11.3 Å². The van der Waals surface area contributed by atoms with Crippen LogP contribution in [0.3, 0.4) is 0 Å². The van der Waals surface area contributed by atoms with Gasteiger partial charge in [0.25, 0.3) is 5.91 Å². The van der Waals surface area contributed by atoms with Gasteiger partial charge >= 0.3 is 5.51 Å². The second-order valence-electron chi connectivity index (χ2n) is 4.11. The number of aromatic nitrogens is 1. The second kappa shape index (κ2) is 6.49. The number of hydrogen-bond acceptors (Lipinski definition) is 5. The summed E-state index contributed by atoms with van der Waals surface area (Å²) in [6.45, 7) is 1.39. The lowest BCUT2D eigenvalue weighted by Gasteiger charge is -2.06. The van der Waals surface area contributed by atoms with E-state index >= 15 is 0 Å². The zero-order chi connectivity index (χ0) is 16.3. The minimum absolute atomic E-state index is 0.00263. The predicted octanol–water partition coefficient (Wildman–Crippen LogP) is 4.21. The van der Waals surface area contributed by atoms with Crippen molar-refractivity contribution in [1.82, 2.24) is 4.98 Å². The molecule has 1 aromatic carbocycles. The van der Waals surface area contributed by atoms with Crippen molar-refractivity contribution in [2.75, 3.05) is 5.32 Å². The second-order valence-corrected chi connectivity index (χ2v) is 6.28. The van der Waals surface area contributed by atoms with Crippen molar-refractivity contribution in [1.29, 1.82) is 0 Å². The van der Waals surface area contributed by atoms with E-state index in [1.165, 1.54) is 37.4 Å². The van der Waals surface area contributed by atoms with Crippen molar-refractivity contribution in [3.05, 3.63) is 40.9 Å². The van der Waals surface area contributed by atoms with Crippen molar-refractivity contribution in [2.24, 2.45) is 0 Å². The highest BCUT2D eigenvalue weighted by Gasteiger charge is 2.29. The van der Waals surface area contributed by atoms with Crippen LogP contribution < -0.4 is 5.32 Å². The number of nitrogens with zero attached hydrogens (tertiary/aromatic N) is 1. The third-order valence-electron chi connectivity index (χ3n) is 2.42. The first-order chi connectivity index (χ1) is 10.2. The fourth-order valence-corrected chi connectivity index (χ4v) is 2.72. The number of ketones is 1. The molecule has 0 unspecified atom stereocenters. The van der Waals surface area contributed by atoms with E-state index in [9.17, 15) is 22.8 Å². The lowest BCUT2D eigenvalue weighted by atomic mass is 10.2. The van der Waals surface area contributed by atoms with Crippen LogP contribution in [0, 0.1) is 0 Å². The van der Waals surface area contributed by atoms with Crippen LogP contribution in [0.1, 0.15) is 27.0 Å². The quantitative estimate of drug-likeness (QED) is 0.665. The van der Waals surface area contributed by atoms with Crippen LogP contribution in [0.5, 0.6) is 0 Å². The van der Waals surface area contributed by atoms with Crippen molar-refractivity contribution in [2.45, 2.75) is 17.3 Å². The summed E-state index contributed by atoms with van der Waals surface area (Å²) in [7, 11) is 0. The van der Waals surface area contributed by atoms with Gasteiger partial charge in [-0.15, -0.1) is 0 Å². The Hall–Kier alpha value is -1.87. The third-order valence-corrected chi connectivity index (χ3v) is 4.18. The lowest BCUT2D eigenvalue weighted by Crippen LogP contribution is -2.11. The van der Waals surface area contributed by atoms with Crippen LogP contribution in [-0.4, -0.2) is 22.2 Å². The summed E-state index contributed by atoms with van der Waals surface area (Å²) < 4.78 is 36.6. The summed E-state index contributed by atoms with van der Waals surface area (Å²) in [5.41, 5.74) is -4.17. The first-order valence-electron chi connectivity index (χ1n) is 5.88.